The van der Waals surface area contributed by atoms with Gasteiger partial charge in [-0.05, 0) is 12.5 Å². The molecule has 1 aromatic rings. The molecule has 0 spiro atoms. The van der Waals surface area contributed by atoms with Crippen LogP contribution in [0.2, 0.25) is 0 Å². The highest BCUT2D eigenvalue weighted by Crippen LogP contribution is 1.99. The second-order valence-corrected chi connectivity index (χ2v) is 3.19. The third-order valence-corrected chi connectivity index (χ3v) is 1.63. The first-order chi connectivity index (χ1) is 10.1. The molecule has 0 aliphatic rings. The van der Waals surface area contributed by atoms with E-state index < -0.39 is 0 Å². The summed E-state index contributed by atoms with van der Waals surface area (Å²) in [5, 5.41) is 0. The van der Waals surface area contributed by atoms with Crippen molar-refractivity contribution in [2.75, 3.05) is 6.61 Å². The number of benzene rings is 1. The predicted octanol–water partition coefficient (Wildman–Crippen LogP) is 4.37. The number of hydrogen-bond donors (Lipinski definition) is 0. The van der Waals surface area contributed by atoms with Crippen molar-refractivity contribution in [1.82, 2.24) is 0 Å². The lowest BCUT2D eigenvalue weighted by Crippen LogP contribution is -1.97. The summed E-state index contributed by atoms with van der Waals surface area (Å²) >= 11 is 0. The van der Waals surface area contributed by atoms with Crippen molar-refractivity contribution in [3.8, 4) is 0 Å². The molecule has 0 fully saturated rings. The third-order valence-electron chi connectivity index (χ3n) is 1.63. The molecule has 0 saturated heterocycles. The Hall–Kier alpha value is -1.84. The molecule has 0 aromatic heterocycles. The first-order valence-electron chi connectivity index (χ1n) is 7.37. The molecule has 0 unspecified atom stereocenters. The smallest absolute Gasteiger partial charge is 0.302 e. The summed E-state index contributed by atoms with van der Waals surface area (Å²) in [5.74, 6) is -0.452. The molecule has 0 aliphatic heterocycles. The molecule has 1 aromatic carbocycles. The van der Waals surface area contributed by atoms with Crippen molar-refractivity contribution in [1.29, 1.82) is 0 Å². The maximum absolute atomic E-state index is 10.4. The van der Waals surface area contributed by atoms with Crippen LogP contribution in [-0.4, -0.2) is 18.5 Å². The Morgan fingerprint density at radius 2 is 1.29 bits per heavy atom. The molecule has 0 saturated carbocycles. The molecule has 1 rings (SSSR count). The molecule has 122 valence electrons. The van der Waals surface area contributed by atoms with E-state index >= 15 is 0 Å². The van der Waals surface area contributed by atoms with Crippen LogP contribution < -0.4 is 0 Å². The highest BCUT2D eigenvalue weighted by molar-refractivity contribution is 5.66. The van der Waals surface area contributed by atoms with Gasteiger partial charge in [0.15, 0.2) is 0 Å². The molecule has 0 amide bonds. The van der Waals surface area contributed by atoms with Crippen LogP contribution in [0.3, 0.4) is 0 Å². The van der Waals surface area contributed by atoms with E-state index in [4.69, 9.17) is 4.74 Å². The quantitative estimate of drug-likeness (QED) is 0.777. The van der Waals surface area contributed by atoms with Gasteiger partial charge in [0.25, 0.3) is 0 Å². The van der Waals surface area contributed by atoms with Gasteiger partial charge in [-0.3, -0.25) is 9.59 Å². The zero-order valence-corrected chi connectivity index (χ0v) is 14.4. The van der Waals surface area contributed by atoms with Crippen LogP contribution in [0.1, 0.15) is 54.0 Å². The van der Waals surface area contributed by atoms with Crippen LogP contribution in [0.15, 0.2) is 30.3 Å². The average Bonchev–Trinajstić information content (AvgIpc) is 2.51. The normalized spacial score (nSPS) is 7.57. The molecule has 0 aliphatic carbocycles. The number of carbonyl (C=O) groups excluding carboxylic acids is 2. The Morgan fingerprint density at radius 3 is 1.57 bits per heavy atom. The Morgan fingerprint density at radius 1 is 0.857 bits per heavy atom. The van der Waals surface area contributed by atoms with Crippen molar-refractivity contribution in [3.63, 3.8) is 0 Å². The highest BCUT2D eigenvalue weighted by Gasteiger charge is 1.93. The van der Waals surface area contributed by atoms with Gasteiger partial charge < -0.3 is 9.47 Å². The van der Waals surface area contributed by atoms with Gasteiger partial charge in [-0.15, -0.1) is 0 Å². The van der Waals surface area contributed by atoms with Gasteiger partial charge in [0, 0.05) is 13.8 Å². The minimum atomic E-state index is -0.242. The fourth-order valence-electron chi connectivity index (χ4n) is 0.962. The molecule has 0 N–H and O–H groups in total. The Kier molecular flexibility index (Phi) is 23.6. The summed E-state index contributed by atoms with van der Waals surface area (Å²) < 4.78 is 9.19. The van der Waals surface area contributed by atoms with E-state index in [1.807, 2.05) is 58.0 Å². The first-order valence-corrected chi connectivity index (χ1v) is 7.37. The van der Waals surface area contributed by atoms with Gasteiger partial charge in [-0.2, -0.15) is 0 Å². The van der Waals surface area contributed by atoms with Crippen LogP contribution in [0.4, 0.5) is 0 Å². The van der Waals surface area contributed by atoms with Crippen molar-refractivity contribution in [2.24, 2.45) is 0 Å². The van der Waals surface area contributed by atoms with Crippen molar-refractivity contribution >= 4 is 11.9 Å². The van der Waals surface area contributed by atoms with Crippen molar-refractivity contribution in [3.05, 3.63) is 35.9 Å². The fraction of sp³-hybridized carbons (Fsp3) is 0.529. The van der Waals surface area contributed by atoms with E-state index in [2.05, 4.69) is 4.74 Å². The van der Waals surface area contributed by atoms with Crippen molar-refractivity contribution in [2.45, 2.75) is 55.1 Å². The van der Waals surface area contributed by atoms with Crippen molar-refractivity contribution < 1.29 is 19.1 Å². The van der Waals surface area contributed by atoms with Gasteiger partial charge >= 0.3 is 11.9 Å². The lowest BCUT2D eigenvalue weighted by molar-refractivity contribution is -0.142. The van der Waals surface area contributed by atoms with E-state index in [1.54, 1.807) is 6.92 Å². The highest BCUT2D eigenvalue weighted by atomic mass is 16.5. The van der Waals surface area contributed by atoms with E-state index in [-0.39, 0.29) is 11.9 Å². The summed E-state index contributed by atoms with van der Waals surface area (Å²) in [7, 11) is 0. The summed E-state index contributed by atoms with van der Waals surface area (Å²) in [6, 6.07) is 9.60. The minimum absolute atomic E-state index is 0.211. The molecule has 21 heavy (non-hydrogen) atoms. The van der Waals surface area contributed by atoms with E-state index in [0.717, 1.165) is 5.56 Å². The zero-order valence-electron chi connectivity index (χ0n) is 14.4. The van der Waals surface area contributed by atoms with E-state index in [9.17, 15) is 9.59 Å². The van der Waals surface area contributed by atoms with Crippen LogP contribution in [0, 0.1) is 0 Å². The maximum atomic E-state index is 10.4. The third kappa shape index (κ3) is 23.7. The van der Waals surface area contributed by atoms with Gasteiger partial charge in [0.2, 0.25) is 0 Å². The van der Waals surface area contributed by atoms with Crippen LogP contribution in [-0.2, 0) is 25.7 Å². The second kappa shape index (κ2) is 20.5. The largest absolute Gasteiger partial charge is 0.466 e. The summed E-state index contributed by atoms with van der Waals surface area (Å²) in [6.07, 6.45) is 0. The molecular weight excluding hydrogens is 268 g/mol. The predicted molar refractivity (Wildman–Crippen MR) is 86.9 cm³/mol. The van der Waals surface area contributed by atoms with Gasteiger partial charge in [0.05, 0.1) is 6.61 Å². The summed E-state index contributed by atoms with van der Waals surface area (Å²) in [5.41, 5.74) is 1.02. The molecule has 0 bridgehead atoms. The molecule has 4 nitrogen and oxygen atoms in total. The first kappa shape index (κ1) is 24.2. The maximum Gasteiger partial charge on any atom is 0.302 e. The molecule has 0 atom stereocenters. The number of ether oxygens (including phenoxy) is 2. The molecule has 0 heterocycles. The number of esters is 2. The zero-order chi connectivity index (χ0) is 17.1. The summed E-state index contributed by atoms with van der Waals surface area (Å²) in [6.45, 7) is 13.4. The number of carbonyl (C=O) groups is 2. The Labute approximate surface area is 129 Å². The van der Waals surface area contributed by atoms with Gasteiger partial charge in [-0.1, -0.05) is 58.0 Å². The van der Waals surface area contributed by atoms with Gasteiger partial charge in [-0.25, -0.2) is 0 Å². The minimum Gasteiger partial charge on any atom is -0.466 e. The lowest BCUT2D eigenvalue weighted by Gasteiger charge is -1.99. The second-order valence-electron chi connectivity index (χ2n) is 3.19. The standard InChI is InChI=1S/C9H10O2.C4H8O2.2C2H6/c1-8(10)11-7-9-5-3-2-4-6-9;1-3-6-4(2)5;2*1-2/h2-6H,7H2,1H3;3H2,1-2H3;2*1-2H3. The fourth-order valence-corrected chi connectivity index (χ4v) is 0.962. The lowest BCUT2D eigenvalue weighted by atomic mass is 10.2. The molecule has 0 radical (unpaired) electrons. The number of hydrogen-bond acceptors (Lipinski definition) is 4. The van der Waals surface area contributed by atoms with E-state index in [0.29, 0.717) is 13.2 Å². The summed E-state index contributed by atoms with van der Waals surface area (Å²) in [4.78, 5) is 20.2. The molecular formula is C17H30O4. The van der Waals surface area contributed by atoms with Gasteiger partial charge in [0.1, 0.15) is 6.61 Å². The van der Waals surface area contributed by atoms with Crippen LogP contribution in [0.25, 0.3) is 0 Å². The topological polar surface area (TPSA) is 52.6 Å². The van der Waals surface area contributed by atoms with Crippen LogP contribution in [0.5, 0.6) is 0 Å². The SMILES string of the molecule is CC.CC.CC(=O)OCc1ccccc1.CCOC(C)=O. The average molecular weight is 298 g/mol. The monoisotopic (exact) mass is 298 g/mol. The van der Waals surface area contributed by atoms with Crippen LogP contribution >= 0.6 is 0 Å². The Bertz CT molecular complexity index is 334. The number of rotatable bonds is 3. The van der Waals surface area contributed by atoms with E-state index in [1.165, 1.54) is 13.8 Å². The molecule has 4 heteroatoms. The Balaban J connectivity index is -0.000000277.